The molecule has 1 aliphatic heterocycles. The second kappa shape index (κ2) is 5.15. The summed E-state index contributed by atoms with van der Waals surface area (Å²) in [5.74, 6) is -9.18. The van der Waals surface area contributed by atoms with E-state index < -0.39 is 34.8 Å². The number of rotatable bonds is 1. The van der Waals surface area contributed by atoms with E-state index >= 15 is 0 Å². The highest BCUT2D eigenvalue weighted by Gasteiger charge is 2.39. The van der Waals surface area contributed by atoms with Gasteiger partial charge in [-0.2, -0.15) is 0 Å². The number of nitrogens with zero attached hydrogens (tertiary/aromatic N) is 1. The van der Waals surface area contributed by atoms with Crippen LogP contribution in [0.2, 0.25) is 0 Å². The molecule has 2 nitrogen and oxygen atoms in total. The van der Waals surface area contributed by atoms with Crippen molar-refractivity contribution in [2.75, 3.05) is 11.1 Å². The fourth-order valence-corrected chi connectivity index (χ4v) is 3.85. The van der Waals surface area contributed by atoms with Gasteiger partial charge < -0.3 is 5.32 Å². The zero-order valence-corrected chi connectivity index (χ0v) is 11.6. The van der Waals surface area contributed by atoms with Gasteiger partial charge in [0.15, 0.2) is 28.4 Å². The number of anilines is 1. The lowest BCUT2D eigenvalue weighted by Crippen LogP contribution is -2.21. The van der Waals surface area contributed by atoms with Gasteiger partial charge in [0, 0.05) is 5.75 Å². The number of hydrogen-bond donors (Lipinski definition) is 1. The Balaban J connectivity index is 1.93. The summed E-state index contributed by atoms with van der Waals surface area (Å²) in [6.07, 6.45) is 3.81. The van der Waals surface area contributed by atoms with Crippen LogP contribution in [-0.4, -0.2) is 16.5 Å². The van der Waals surface area contributed by atoms with E-state index in [0.29, 0.717) is 5.75 Å². The molecule has 0 unspecified atom stereocenters. The maximum absolute atomic E-state index is 13.6. The first-order chi connectivity index (χ1) is 9.93. The van der Waals surface area contributed by atoms with Crippen LogP contribution in [0.3, 0.4) is 0 Å². The Morgan fingerprint density at radius 3 is 1.95 bits per heavy atom. The molecule has 1 aromatic carbocycles. The van der Waals surface area contributed by atoms with E-state index in [0.717, 1.165) is 25.7 Å². The van der Waals surface area contributed by atoms with E-state index in [9.17, 15) is 22.0 Å². The summed E-state index contributed by atoms with van der Waals surface area (Å²) in [7, 11) is 0. The molecule has 8 heteroatoms. The molecule has 1 saturated carbocycles. The van der Waals surface area contributed by atoms with Crippen LogP contribution in [0.25, 0.3) is 0 Å². The zero-order chi connectivity index (χ0) is 15.2. The van der Waals surface area contributed by atoms with Gasteiger partial charge in [0.2, 0.25) is 5.82 Å². The Morgan fingerprint density at radius 2 is 1.38 bits per heavy atom. The predicted octanol–water partition coefficient (Wildman–Crippen LogP) is 4.21. The van der Waals surface area contributed by atoms with Crippen LogP contribution in [-0.2, 0) is 0 Å². The zero-order valence-electron chi connectivity index (χ0n) is 10.8. The number of thioether (sulfide) groups is 1. The molecule has 1 spiro atoms. The molecule has 0 bridgehead atoms. The van der Waals surface area contributed by atoms with E-state index in [1.54, 1.807) is 0 Å². The fourth-order valence-electron chi connectivity index (χ4n) is 2.66. The molecule has 3 rings (SSSR count). The molecule has 1 aromatic rings. The summed E-state index contributed by atoms with van der Waals surface area (Å²) in [4.78, 5) is 4.37. The molecule has 21 heavy (non-hydrogen) atoms. The van der Waals surface area contributed by atoms with Crippen molar-refractivity contribution in [1.82, 2.24) is 0 Å². The van der Waals surface area contributed by atoms with Gasteiger partial charge in [0.25, 0.3) is 0 Å². The molecule has 2 aliphatic rings. The molecule has 0 saturated heterocycles. The predicted molar refractivity (Wildman–Crippen MR) is 70.9 cm³/mol. The van der Waals surface area contributed by atoms with Crippen molar-refractivity contribution in [1.29, 1.82) is 0 Å². The lowest BCUT2D eigenvalue weighted by Gasteiger charge is -2.16. The van der Waals surface area contributed by atoms with Crippen LogP contribution >= 0.6 is 11.8 Å². The normalized spacial score (nSPS) is 20.1. The number of nitrogens with one attached hydrogen (secondary N) is 1. The Hall–Kier alpha value is -1.31. The average molecular weight is 322 g/mol. The molecule has 114 valence electrons. The van der Waals surface area contributed by atoms with Crippen LogP contribution in [0, 0.1) is 29.1 Å². The third-order valence-corrected chi connectivity index (χ3v) is 4.94. The van der Waals surface area contributed by atoms with Crippen LogP contribution in [0.1, 0.15) is 25.7 Å². The second-order valence-electron chi connectivity index (χ2n) is 5.21. The van der Waals surface area contributed by atoms with Gasteiger partial charge in [-0.3, -0.25) is 4.99 Å². The molecule has 0 amide bonds. The number of aliphatic imine (C=N–C) groups is 1. The van der Waals surface area contributed by atoms with E-state index in [4.69, 9.17) is 0 Å². The lowest BCUT2D eigenvalue weighted by molar-refractivity contribution is 0.382. The highest BCUT2D eigenvalue weighted by molar-refractivity contribution is 8.14. The first-order valence-electron chi connectivity index (χ1n) is 6.45. The van der Waals surface area contributed by atoms with Gasteiger partial charge in [-0.15, -0.1) is 0 Å². The van der Waals surface area contributed by atoms with Crippen molar-refractivity contribution < 1.29 is 22.0 Å². The van der Waals surface area contributed by atoms with Crippen molar-refractivity contribution in [2.24, 2.45) is 4.99 Å². The Morgan fingerprint density at radius 1 is 0.857 bits per heavy atom. The van der Waals surface area contributed by atoms with Crippen LogP contribution in [0.4, 0.5) is 27.6 Å². The number of hydrogen-bond acceptors (Lipinski definition) is 3. The number of halogens is 5. The SMILES string of the molecule is Fc1c(F)c(F)c(NC2=NC3(CCCC3)CS2)c(F)c1F. The maximum atomic E-state index is 13.6. The largest absolute Gasteiger partial charge is 0.330 e. The Bertz CT molecular complexity index is 596. The molecular formula is C13H11F5N2S. The fraction of sp³-hybridized carbons (Fsp3) is 0.462. The minimum Gasteiger partial charge on any atom is -0.330 e. The van der Waals surface area contributed by atoms with Crippen LogP contribution in [0.5, 0.6) is 0 Å². The Labute approximate surface area is 121 Å². The highest BCUT2D eigenvalue weighted by atomic mass is 32.2. The lowest BCUT2D eigenvalue weighted by atomic mass is 10.0. The first kappa shape index (κ1) is 14.6. The van der Waals surface area contributed by atoms with E-state index in [1.165, 1.54) is 11.8 Å². The van der Waals surface area contributed by atoms with E-state index in [-0.39, 0.29) is 10.7 Å². The van der Waals surface area contributed by atoms with Crippen molar-refractivity contribution >= 4 is 22.6 Å². The van der Waals surface area contributed by atoms with E-state index in [2.05, 4.69) is 10.3 Å². The van der Waals surface area contributed by atoms with Gasteiger partial charge in [-0.25, -0.2) is 22.0 Å². The van der Waals surface area contributed by atoms with Gasteiger partial charge in [-0.05, 0) is 12.8 Å². The van der Waals surface area contributed by atoms with Gasteiger partial charge in [0.1, 0.15) is 5.69 Å². The van der Waals surface area contributed by atoms with Crippen molar-refractivity contribution in [2.45, 2.75) is 31.2 Å². The quantitative estimate of drug-likeness (QED) is 0.476. The van der Waals surface area contributed by atoms with Gasteiger partial charge in [-0.1, -0.05) is 24.6 Å². The molecule has 0 radical (unpaired) electrons. The van der Waals surface area contributed by atoms with Crippen LogP contribution < -0.4 is 5.32 Å². The monoisotopic (exact) mass is 322 g/mol. The summed E-state index contributed by atoms with van der Waals surface area (Å²) in [6.45, 7) is 0. The third kappa shape index (κ3) is 2.39. The minimum atomic E-state index is -2.16. The van der Waals surface area contributed by atoms with Crippen molar-refractivity contribution in [3.63, 3.8) is 0 Å². The summed E-state index contributed by atoms with van der Waals surface area (Å²) >= 11 is 1.23. The molecular weight excluding hydrogens is 311 g/mol. The third-order valence-electron chi connectivity index (χ3n) is 3.79. The molecule has 0 atom stereocenters. The van der Waals surface area contributed by atoms with Gasteiger partial charge in [0.05, 0.1) is 5.54 Å². The second-order valence-corrected chi connectivity index (χ2v) is 6.17. The summed E-state index contributed by atoms with van der Waals surface area (Å²) in [6, 6.07) is 0. The standard InChI is InChI=1S/C13H11F5N2S/c14-6-7(15)9(17)11(10(18)8(6)16)19-12-20-13(5-21-12)3-1-2-4-13/h1-5H2,(H,19,20). The summed E-state index contributed by atoms with van der Waals surface area (Å²) in [5.41, 5.74) is -1.30. The molecule has 1 heterocycles. The summed E-state index contributed by atoms with van der Waals surface area (Å²) in [5, 5.41) is 2.45. The molecule has 1 N–H and O–H groups in total. The molecule has 1 fully saturated rings. The van der Waals surface area contributed by atoms with Crippen molar-refractivity contribution in [3.05, 3.63) is 29.1 Å². The minimum absolute atomic E-state index is 0.195. The first-order valence-corrected chi connectivity index (χ1v) is 7.43. The number of amidine groups is 1. The van der Waals surface area contributed by atoms with E-state index in [1.807, 2.05) is 0 Å². The topological polar surface area (TPSA) is 24.4 Å². The van der Waals surface area contributed by atoms with Crippen molar-refractivity contribution in [3.8, 4) is 0 Å². The van der Waals surface area contributed by atoms with Crippen LogP contribution in [0.15, 0.2) is 4.99 Å². The Kier molecular flexibility index (Phi) is 3.59. The molecule has 1 aliphatic carbocycles. The average Bonchev–Trinajstić information content (AvgIpc) is 3.10. The summed E-state index contributed by atoms with van der Waals surface area (Å²) < 4.78 is 66.4. The van der Waals surface area contributed by atoms with Gasteiger partial charge >= 0.3 is 0 Å². The number of benzene rings is 1. The molecule has 0 aromatic heterocycles. The maximum Gasteiger partial charge on any atom is 0.200 e. The highest BCUT2D eigenvalue weighted by Crippen LogP contribution is 2.41. The smallest absolute Gasteiger partial charge is 0.200 e.